The lowest BCUT2D eigenvalue weighted by atomic mass is 10.1. The molecule has 1 N–H and O–H groups in total. The van der Waals surface area contributed by atoms with Gasteiger partial charge in [0.05, 0.1) is 12.3 Å². The second kappa shape index (κ2) is 11.2. The van der Waals surface area contributed by atoms with Crippen LogP contribution in [0.1, 0.15) is 22.8 Å². The standard InChI is InChI=1S/C28H25NO3S/c1-2-31-26-18-17-21(19-22(26)20-32-23-11-5-3-6-12-23)28(30)29-25-15-9-10-16-27(25)33-24-13-7-4-8-14-24/h3-19H,2,20H2,1H3,(H,29,30). The van der Waals surface area contributed by atoms with Crippen LogP contribution in [0.4, 0.5) is 5.69 Å². The monoisotopic (exact) mass is 455 g/mol. The van der Waals surface area contributed by atoms with Crippen LogP contribution in [-0.4, -0.2) is 12.5 Å². The molecule has 0 saturated carbocycles. The first-order valence-corrected chi connectivity index (χ1v) is 11.6. The van der Waals surface area contributed by atoms with Crippen molar-refractivity contribution in [3.8, 4) is 11.5 Å². The predicted octanol–water partition coefficient (Wildman–Crippen LogP) is 7.07. The zero-order valence-electron chi connectivity index (χ0n) is 18.4. The van der Waals surface area contributed by atoms with Gasteiger partial charge in [0, 0.05) is 20.9 Å². The van der Waals surface area contributed by atoms with Gasteiger partial charge < -0.3 is 14.8 Å². The lowest BCUT2D eigenvalue weighted by molar-refractivity contribution is 0.102. The van der Waals surface area contributed by atoms with E-state index in [2.05, 4.69) is 17.4 Å². The molecule has 0 spiro atoms. The van der Waals surface area contributed by atoms with Gasteiger partial charge in [0.15, 0.2) is 0 Å². The Labute approximate surface area is 198 Å². The summed E-state index contributed by atoms with van der Waals surface area (Å²) < 4.78 is 11.7. The number of hydrogen-bond donors (Lipinski definition) is 1. The van der Waals surface area contributed by atoms with Gasteiger partial charge in [-0.1, -0.05) is 60.3 Å². The van der Waals surface area contributed by atoms with E-state index in [1.807, 2.05) is 91.9 Å². The molecule has 0 aliphatic rings. The molecule has 0 atom stereocenters. The summed E-state index contributed by atoms with van der Waals surface area (Å²) in [4.78, 5) is 15.2. The number of nitrogens with one attached hydrogen (secondary N) is 1. The van der Waals surface area contributed by atoms with E-state index in [1.54, 1.807) is 17.8 Å². The number of ether oxygens (including phenoxy) is 2. The molecule has 4 aromatic carbocycles. The van der Waals surface area contributed by atoms with Crippen molar-refractivity contribution in [2.75, 3.05) is 11.9 Å². The third-order valence-corrected chi connectivity index (χ3v) is 5.95. The molecule has 4 rings (SSSR count). The molecule has 0 fully saturated rings. The maximum Gasteiger partial charge on any atom is 0.255 e. The molecule has 0 bridgehead atoms. The van der Waals surface area contributed by atoms with Gasteiger partial charge in [-0.15, -0.1) is 0 Å². The van der Waals surface area contributed by atoms with Crippen LogP contribution in [0.3, 0.4) is 0 Å². The summed E-state index contributed by atoms with van der Waals surface area (Å²) in [5.41, 5.74) is 2.14. The Kier molecular flexibility index (Phi) is 7.67. The fourth-order valence-corrected chi connectivity index (χ4v) is 4.20. The van der Waals surface area contributed by atoms with Crippen molar-refractivity contribution in [2.24, 2.45) is 0 Å². The maximum atomic E-state index is 13.1. The molecule has 0 aliphatic carbocycles. The van der Waals surface area contributed by atoms with E-state index in [4.69, 9.17) is 9.47 Å². The second-order valence-corrected chi connectivity index (χ2v) is 8.34. The molecule has 0 saturated heterocycles. The molecule has 0 heterocycles. The highest BCUT2D eigenvalue weighted by molar-refractivity contribution is 7.99. The van der Waals surface area contributed by atoms with Crippen molar-refractivity contribution in [3.05, 3.63) is 114 Å². The average molecular weight is 456 g/mol. The number of carbonyl (C=O) groups excluding carboxylic acids is 1. The van der Waals surface area contributed by atoms with E-state index in [-0.39, 0.29) is 5.91 Å². The number of carbonyl (C=O) groups is 1. The smallest absolute Gasteiger partial charge is 0.255 e. The van der Waals surface area contributed by atoms with Crippen LogP contribution in [0.5, 0.6) is 11.5 Å². The Morgan fingerprint density at radius 3 is 2.27 bits per heavy atom. The second-order valence-electron chi connectivity index (χ2n) is 7.22. The first-order chi connectivity index (χ1) is 16.2. The fraction of sp³-hybridized carbons (Fsp3) is 0.107. The molecule has 33 heavy (non-hydrogen) atoms. The molecule has 4 nitrogen and oxygen atoms in total. The van der Waals surface area contributed by atoms with Gasteiger partial charge in [-0.05, 0) is 61.5 Å². The van der Waals surface area contributed by atoms with Crippen LogP contribution < -0.4 is 14.8 Å². The normalized spacial score (nSPS) is 10.5. The molecule has 0 aromatic heterocycles. The van der Waals surface area contributed by atoms with Crippen molar-refractivity contribution in [3.63, 3.8) is 0 Å². The Morgan fingerprint density at radius 1 is 0.818 bits per heavy atom. The van der Waals surface area contributed by atoms with E-state index in [0.717, 1.165) is 26.8 Å². The van der Waals surface area contributed by atoms with Crippen LogP contribution in [-0.2, 0) is 6.61 Å². The van der Waals surface area contributed by atoms with Crippen molar-refractivity contribution < 1.29 is 14.3 Å². The van der Waals surface area contributed by atoms with Crippen molar-refractivity contribution in [1.29, 1.82) is 0 Å². The van der Waals surface area contributed by atoms with E-state index in [0.29, 0.717) is 24.5 Å². The van der Waals surface area contributed by atoms with Gasteiger partial charge in [-0.3, -0.25) is 4.79 Å². The summed E-state index contributed by atoms with van der Waals surface area (Å²) in [6.45, 7) is 2.78. The lowest BCUT2D eigenvalue weighted by Gasteiger charge is -2.14. The molecule has 166 valence electrons. The number of rotatable bonds is 9. The minimum absolute atomic E-state index is 0.180. The Bertz CT molecular complexity index is 1200. The van der Waals surface area contributed by atoms with Gasteiger partial charge in [0.1, 0.15) is 18.1 Å². The minimum atomic E-state index is -0.180. The molecule has 0 radical (unpaired) electrons. The van der Waals surface area contributed by atoms with Gasteiger partial charge >= 0.3 is 0 Å². The molecule has 1 amide bonds. The Hall–Kier alpha value is -3.70. The third kappa shape index (κ3) is 6.18. The quantitative estimate of drug-likeness (QED) is 0.293. The van der Waals surface area contributed by atoms with Gasteiger partial charge in [0.2, 0.25) is 0 Å². The van der Waals surface area contributed by atoms with Gasteiger partial charge in [-0.25, -0.2) is 0 Å². The Balaban J connectivity index is 1.52. The van der Waals surface area contributed by atoms with Crippen LogP contribution in [0, 0.1) is 0 Å². The summed E-state index contributed by atoms with van der Waals surface area (Å²) in [6.07, 6.45) is 0. The highest BCUT2D eigenvalue weighted by Crippen LogP contribution is 2.33. The number of anilines is 1. The van der Waals surface area contributed by atoms with E-state index >= 15 is 0 Å². The maximum absolute atomic E-state index is 13.1. The topological polar surface area (TPSA) is 47.6 Å². The van der Waals surface area contributed by atoms with Crippen LogP contribution >= 0.6 is 11.8 Å². The fourth-order valence-electron chi connectivity index (χ4n) is 3.28. The van der Waals surface area contributed by atoms with Crippen LogP contribution in [0.15, 0.2) is 113 Å². The van der Waals surface area contributed by atoms with Crippen LogP contribution in [0.2, 0.25) is 0 Å². The lowest BCUT2D eigenvalue weighted by Crippen LogP contribution is -2.13. The van der Waals surface area contributed by atoms with Crippen LogP contribution in [0.25, 0.3) is 0 Å². The Morgan fingerprint density at radius 2 is 1.52 bits per heavy atom. The minimum Gasteiger partial charge on any atom is -0.493 e. The molecule has 0 aliphatic heterocycles. The number of amides is 1. The predicted molar refractivity (Wildman–Crippen MR) is 133 cm³/mol. The first-order valence-electron chi connectivity index (χ1n) is 10.8. The molecule has 4 aromatic rings. The average Bonchev–Trinajstić information content (AvgIpc) is 2.86. The third-order valence-electron chi connectivity index (χ3n) is 4.87. The molecular weight excluding hydrogens is 430 g/mol. The summed E-state index contributed by atoms with van der Waals surface area (Å²) in [7, 11) is 0. The highest BCUT2D eigenvalue weighted by atomic mass is 32.2. The number of para-hydroxylation sites is 2. The first kappa shape index (κ1) is 22.5. The van der Waals surface area contributed by atoms with E-state index in [9.17, 15) is 4.79 Å². The molecule has 0 unspecified atom stereocenters. The highest BCUT2D eigenvalue weighted by Gasteiger charge is 2.14. The molecular formula is C28H25NO3S. The van der Waals surface area contributed by atoms with Crippen molar-refractivity contribution >= 4 is 23.4 Å². The largest absolute Gasteiger partial charge is 0.493 e. The van der Waals surface area contributed by atoms with Gasteiger partial charge in [-0.2, -0.15) is 0 Å². The summed E-state index contributed by atoms with van der Waals surface area (Å²) in [5.74, 6) is 1.30. The van der Waals surface area contributed by atoms with Gasteiger partial charge in [0.25, 0.3) is 5.91 Å². The van der Waals surface area contributed by atoms with E-state index < -0.39 is 0 Å². The zero-order chi connectivity index (χ0) is 22.9. The van der Waals surface area contributed by atoms with Crippen molar-refractivity contribution in [1.82, 2.24) is 0 Å². The summed E-state index contributed by atoms with van der Waals surface area (Å²) >= 11 is 1.61. The SMILES string of the molecule is CCOc1ccc(C(=O)Nc2ccccc2Sc2ccccc2)cc1COc1ccccc1. The van der Waals surface area contributed by atoms with Crippen molar-refractivity contribution in [2.45, 2.75) is 23.3 Å². The molecule has 5 heteroatoms. The summed E-state index contributed by atoms with van der Waals surface area (Å²) in [6, 6.07) is 32.9. The summed E-state index contributed by atoms with van der Waals surface area (Å²) in [5, 5.41) is 3.06. The number of benzene rings is 4. The number of hydrogen-bond acceptors (Lipinski definition) is 4. The van der Waals surface area contributed by atoms with E-state index in [1.165, 1.54) is 0 Å². The zero-order valence-corrected chi connectivity index (χ0v) is 19.2.